The molecule has 7 nitrogen and oxygen atoms in total. The smallest absolute Gasteiger partial charge is 0.348 e. The number of nitrogens with two attached hydrogens (primary N) is 1. The van der Waals surface area contributed by atoms with Gasteiger partial charge >= 0.3 is 5.82 Å². The molecule has 0 aromatic carbocycles. The van der Waals surface area contributed by atoms with Crippen LogP contribution in [0.3, 0.4) is 0 Å². The minimum Gasteiger partial charge on any atom is -0.358 e. The van der Waals surface area contributed by atoms with E-state index in [1.807, 2.05) is 0 Å². The lowest BCUT2D eigenvalue weighted by Gasteiger charge is -2.04. The zero-order valence-electron chi connectivity index (χ0n) is 6.35. The molecule has 12 heavy (non-hydrogen) atoms. The maximum atomic E-state index is 10.3. The molecule has 1 rings (SSSR count). The predicted molar refractivity (Wildman–Crippen MR) is 38.9 cm³/mol. The van der Waals surface area contributed by atoms with Gasteiger partial charge < -0.3 is 10.1 Å². The molecule has 0 spiro atoms. The van der Waals surface area contributed by atoms with Gasteiger partial charge in [-0.15, -0.1) is 5.10 Å². The molecule has 7 heteroatoms. The summed E-state index contributed by atoms with van der Waals surface area (Å²) in [6.45, 7) is 1.60. The summed E-state index contributed by atoms with van der Waals surface area (Å²) in [5, 5.41) is 16.1. The van der Waals surface area contributed by atoms with E-state index < -0.39 is 11.0 Å². The highest BCUT2D eigenvalue weighted by molar-refractivity contribution is 5.31. The quantitative estimate of drug-likeness (QED) is 0.502. The number of nitro groups is 1. The SMILES string of the molecule is CC(ON)c1cn[nH]c1[N+](=O)[O-]. The normalized spacial score (nSPS) is 12.8. The number of aromatic amines is 1. The molecule has 3 N–H and O–H groups in total. The van der Waals surface area contributed by atoms with Crippen molar-refractivity contribution in [3.05, 3.63) is 21.9 Å². The molecule has 1 unspecified atom stereocenters. The summed E-state index contributed by atoms with van der Waals surface area (Å²) in [6, 6.07) is 0. The first-order valence-electron chi connectivity index (χ1n) is 3.20. The highest BCUT2D eigenvalue weighted by Gasteiger charge is 2.20. The lowest BCUT2D eigenvalue weighted by Crippen LogP contribution is -2.06. The molecule has 66 valence electrons. The third-order valence-corrected chi connectivity index (χ3v) is 1.47. The first-order chi connectivity index (χ1) is 5.66. The molecular formula is C5H8N4O3. The Kier molecular flexibility index (Phi) is 2.36. The van der Waals surface area contributed by atoms with E-state index in [0.717, 1.165) is 0 Å². The maximum Gasteiger partial charge on any atom is 0.348 e. The van der Waals surface area contributed by atoms with Gasteiger partial charge in [0.05, 0.1) is 11.8 Å². The summed E-state index contributed by atoms with van der Waals surface area (Å²) in [5.41, 5.74) is 0.336. The second kappa shape index (κ2) is 3.28. The third kappa shape index (κ3) is 1.41. The van der Waals surface area contributed by atoms with Crippen molar-refractivity contribution in [1.29, 1.82) is 0 Å². The van der Waals surface area contributed by atoms with Crippen LogP contribution in [0.15, 0.2) is 6.20 Å². The summed E-state index contributed by atoms with van der Waals surface area (Å²) in [6.07, 6.45) is 0.777. The molecular weight excluding hydrogens is 164 g/mol. The molecule has 1 atom stereocenters. The van der Waals surface area contributed by atoms with Gasteiger partial charge in [-0.1, -0.05) is 5.10 Å². The van der Waals surface area contributed by atoms with Crippen molar-refractivity contribution in [2.75, 3.05) is 0 Å². The van der Waals surface area contributed by atoms with Crippen molar-refractivity contribution in [2.24, 2.45) is 5.90 Å². The van der Waals surface area contributed by atoms with Gasteiger partial charge in [-0.3, -0.25) is 4.84 Å². The van der Waals surface area contributed by atoms with Crippen LogP contribution < -0.4 is 5.90 Å². The Balaban J connectivity index is 2.98. The minimum atomic E-state index is -0.572. The van der Waals surface area contributed by atoms with Gasteiger partial charge in [0.1, 0.15) is 6.10 Å². The van der Waals surface area contributed by atoms with Crippen LogP contribution >= 0.6 is 0 Å². The average molecular weight is 172 g/mol. The Labute approximate surface area is 67.6 Å². The Morgan fingerprint density at radius 3 is 3.08 bits per heavy atom. The Morgan fingerprint density at radius 1 is 1.92 bits per heavy atom. The van der Waals surface area contributed by atoms with Crippen LogP contribution in [0, 0.1) is 10.1 Å². The molecule has 0 saturated heterocycles. The first kappa shape index (κ1) is 8.62. The van der Waals surface area contributed by atoms with Gasteiger partial charge in [-0.05, 0) is 11.8 Å². The minimum absolute atomic E-state index is 0.187. The van der Waals surface area contributed by atoms with Gasteiger partial charge in [0.25, 0.3) is 0 Å². The van der Waals surface area contributed by atoms with Crippen LogP contribution in [0.4, 0.5) is 5.82 Å². The third-order valence-electron chi connectivity index (χ3n) is 1.47. The van der Waals surface area contributed by atoms with E-state index in [4.69, 9.17) is 5.90 Å². The van der Waals surface area contributed by atoms with E-state index in [0.29, 0.717) is 5.56 Å². The molecule has 0 aliphatic heterocycles. The van der Waals surface area contributed by atoms with E-state index in [9.17, 15) is 10.1 Å². The summed E-state index contributed by atoms with van der Waals surface area (Å²) in [4.78, 5) is 14.2. The summed E-state index contributed by atoms with van der Waals surface area (Å²) < 4.78 is 0. The number of rotatable bonds is 3. The average Bonchev–Trinajstić information content (AvgIpc) is 2.50. The van der Waals surface area contributed by atoms with Crippen molar-refractivity contribution in [3.63, 3.8) is 0 Å². The van der Waals surface area contributed by atoms with E-state index >= 15 is 0 Å². The first-order valence-corrected chi connectivity index (χ1v) is 3.20. The van der Waals surface area contributed by atoms with Crippen LogP contribution in [0.2, 0.25) is 0 Å². The highest BCUT2D eigenvalue weighted by Crippen LogP contribution is 2.22. The van der Waals surface area contributed by atoms with Gasteiger partial charge in [0, 0.05) is 0 Å². The van der Waals surface area contributed by atoms with E-state index in [2.05, 4.69) is 15.0 Å². The molecule has 0 fully saturated rings. The molecule has 1 heterocycles. The number of hydrogen-bond donors (Lipinski definition) is 2. The van der Waals surface area contributed by atoms with Crippen molar-refractivity contribution in [1.82, 2.24) is 10.2 Å². The van der Waals surface area contributed by atoms with Crippen molar-refractivity contribution in [3.8, 4) is 0 Å². The predicted octanol–water partition coefficient (Wildman–Crippen LogP) is 0.269. The Morgan fingerprint density at radius 2 is 2.58 bits per heavy atom. The number of hydrogen-bond acceptors (Lipinski definition) is 5. The van der Waals surface area contributed by atoms with Crippen molar-refractivity contribution in [2.45, 2.75) is 13.0 Å². The summed E-state index contributed by atoms with van der Waals surface area (Å²) in [7, 11) is 0. The fourth-order valence-corrected chi connectivity index (χ4v) is 0.806. The topological polar surface area (TPSA) is 107 Å². The Bertz CT molecular complexity index is 284. The van der Waals surface area contributed by atoms with Crippen LogP contribution in [-0.4, -0.2) is 15.1 Å². The summed E-state index contributed by atoms with van der Waals surface area (Å²) in [5.74, 6) is 4.68. The lowest BCUT2D eigenvalue weighted by atomic mass is 10.2. The van der Waals surface area contributed by atoms with Crippen molar-refractivity contribution < 1.29 is 9.76 Å². The van der Waals surface area contributed by atoms with E-state index in [1.54, 1.807) is 6.92 Å². The standard InChI is InChI=1S/C5H8N4O3/c1-3(12-6)4-2-7-8-5(4)9(10)11/h2-3H,6H2,1H3,(H,7,8). The van der Waals surface area contributed by atoms with Crippen LogP contribution in [0.1, 0.15) is 18.6 Å². The second-order valence-electron chi connectivity index (χ2n) is 2.21. The largest absolute Gasteiger partial charge is 0.358 e. The highest BCUT2D eigenvalue weighted by atomic mass is 16.6. The maximum absolute atomic E-state index is 10.3. The second-order valence-corrected chi connectivity index (χ2v) is 2.21. The van der Waals surface area contributed by atoms with Crippen LogP contribution in [-0.2, 0) is 4.84 Å². The molecule has 0 radical (unpaired) electrons. The molecule has 0 bridgehead atoms. The van der Waals surface area contributed by atoms with Gasteiger partial charge in [0.2, 0.25) is 0 Å². The summed E-state index contributed by atoms with van der Waals surface area (Å²) >= 11 is 0. The zero-order chi connectivity index (χ0) is 9.14. The number of H-pyrrole nitrogens is 1. The molecule has 0 saturated carbocycles. The Hall–Kier alpha value is -1.47. The number of aromatic nitrogens is 2. The van der Waals surface area contributed by atoms with E-state index in [1.165, 1.54) is 6.20 Å². The fraction of sp³-hybridized carbons (Fsp3) is 0.400. The molecule has 0 amide bonds. The zero-order valence-corrected chi connectivity index (χ0v) is 6.35. The van der Waals surface area contributed by atoms with Gasteiger partial charge in [-0.2, -0.15) is 0 Å². The number of nitrogens with zero attached hydrogens (tertiary/aromatic N) is 2. The molecule has 1 aromatic heterocycles. The van der Waals surface area contributed by atoms with Crippen LogP contribution in [0.25, 0.3) is 0 Å². The number of nitrogens with one attached hydrogen (secondary N) is 1. The molecule has 0 aliphatic rings. The van der Waals surface area contributed by atoms with Crippen LogP contribution in [0.5, 0.6) is 0 Å². The fourth-order valence-electron chi connectivity index (χ4n) is 0.806. The molecule has 1 aromatic rings. The van der Waals surface area contributed by atoms with E-state index in [-0.39, 0.29) is 5.82 Å². The lowest BCUT2D eigenvalue weighted by molar-refractivity contribution is -0.390. The molecule has 0 aliphatic carbocycles. The van der Waals surface area contributed by atoms with Gasteiger partial charge in [-0.25, -0.2) is 5.90 Å². The van der Waals surface area contributed by atoms with Crippen molar-refractivity contribution >= 4 is 5.82 Å². The van der Waals surface area contributed by atoms with Gasteiger partial charge in [0.15, 0.2) is 0 Å². The monoisotopic (exact) mass is 172 g/mol.